The molecule has 0 saturated heterocycles. The third kappa shape index (κ3) is 4.34. The van der Waals surface area contributed by atoms with Crippen LogP contribution in [0.5, 0.6) is 0 Å². The number of rotatable bonds is 6. The fourth-order valence-electron chi connectivity index (χ4n) is 3.52. The minimum absolute atomic E-state index is 0.144. The Morgan fingerprint density at radius 3 is 2.83 bits per heavy atom. The molecule has 2 aromatic heterocycles. The van der Waals surface area contributed by atoms with Crippen LogP contribution >= 0.6 is 11.3 Å². The van der Waals surface area contributed by atoms with Gasteiger partial charge >= 0.3 is 11.6 Å². The summed E-state index contributed by atoms with van der Waals surface area (Å²) in [5.74, 6) is -0.856. The summed E-state index contributed by atoms with van der Waals surface area (Å²) in [4.78, 5) is 39.3. The minimum Gasteiger partial charge on any atom is -0.465 e. The second-order valence-electron chi connectivity index (χ2n) is 6.96. The fraction of sp³-hybridized carbons (Fsp3) is 0.300. The largest absolute Gasteiger partial charge is 0.465 e. The minimum atomic E-state index is -0.580. The van der Waals surface area contributed by atoms with E-state index < -0.39 is 11.6 Å². The lowest BCUT2D eigenvalue weighted by atomic mass is 10.0. The quantitative estimate of drug-likeness (QED) is 0.452. The monoisotopic (exact) mass is 429 g/mol. The van der Waals surface area contributed by atoms with E-state index in [2.05, 4.69) is 32.1 Å². The number of hydrogen-bond acceptors (Lipinski definition) is 7. The van der Waals surface area contributed by atoms with Crippen molar-refractivity contribution in [1.82, 2.24) is 10.2 Å². The van der Waals surface area contributed by atoms with Gasteiger partial charge in [0, 0.05) is 24.5 Å². The van der Waals surface area contributed by atoms with Gasteiger partial charge < -0.3 is 10.1 Å². The first kappa shape index (κ1) is 20.0. The number of aromatic amines is 1. The smallest absolute Gasteiger partial charge is 0.426 e. The van der Waals surface area contributed by atoms with E-state index in [-0.39, 0.29) is 12.5 Å². The molecule has 1 aliphatic heterocycles. The van der Waals surface area contributed by atoms with Crippen LogP contribution in [0.2, 0.25) is 0 Å². The lowest BCUT2D eigenvalue weighted by Crippen LogP contribution is -2.41. The highest BCUT2D eigenvalue weighted by atomic mass is 32.1. The molecule has 0 radical (unpaired) electrons. The number of benzene rings is 1. The van der Waals surface area contributed by atoms with Crippen LogP contribution in [0.25, 0.3) is 0 Å². The number of fused-ring (bicyclic) bond motifs is 1. The van der Waals surface area contributed by atoms with E-state index in [1.165, 1.54) is 28.7 Å². The van der Waals surface area contributed by atoms with Gasteiger partial charge in [-0.05, 0) is 22.8 Å². The van der Waals surface area contributed by atoms with E-state index in [1.807, 2.05) is 18.2 Å². The fourth-order valence-corrected chi connectivity index (χ4v) is 4.82. The zero-order valence-corrected chi connectivity index (χ0v) is 17.2. The van der Waals surface area contributed by atoms with E-state index in [4.69, 9.17) is 4.74 Å². The van der Waals surface area contributed by atoms with E-state index in [0.717, 1.165) is 29.7 Å². The number of esters is 1. The summed E-state index contributed by atoms with van der Waals surface area (Å²) in [6, 6.07) is 10.2. The Balaban J connectivity index is 1.53. The van der Waals surface area contributed by atoms with Crippen molar-refractivity contribution < 1.29 is 23.5 Å². The molecule has 1 aliphatic rings. The van der Waals surface area contributed by atoms with E-state index in [1.54, 1.807) is 0 Å². The Bertz CT molecular complexity index is 1120. The summed E-state index contributed by atoms with van der Waals surface area (Å²) < 4.78 is 10.7. The molecule has 0 aliphatic carbocycles. The van der Waals surface area contributed by atoms with E-state index in [9.17, 15) is 14.4 Å². The number of ether oxygens (including phenoxy) is 1. The molecule has 0 bridgehead atoms. The van der Waals surface area contributed by atoms with Gasteiger partial charge in [-0.2, -0.15) is 0 Å². The Morgan fingerprint density at radius 1 is 1.33 bits per heavy atom. The molecule has 4 rings (SSSR count). The van der Waals surface area contributed by atoms with Gasteiger partial charge in [0.25, 0.3) is 18.6 Å². The Labute approximate surface area is 175 Å². The van der Waals surface area contributed by atoms with E-state index in [0.29, 0.717) is 23.5 Å². The molecule has 3 heterocycles. The van der Waals surface area contributed by atoms with Gasteiger partial charge in [-0.15, -0.1) is 11.3 Å². The number of carbonyl (C=O) groups is 2. The number of aromatic nitrogens is 2. The molecule has 0 unspecified atom stereocenters. The maximum atomic E-state index is 12.4. The molecule has 0 atom stereocenters. The SMILES string of the molecule is COC(=O)c1c(NC(=O)C[n+]2cc(=O)o[nH]2)sc2c1CCN(Cc1ccccc1)C2. The summed E-state index contributed by atoms with van der Waals surface area (Å²) in [7, 11) is 1.33. The van der Waals surface area contributed by atoms with Crippen LogP contribution in [-0.2, 0) is 35.6 Å². The Morgan fingerprint density at radius 2 is 2.13 bits per heavy atom. The standard InChI is InChI=1S/C20H20N4O5S/c1-28-20(27)18-14-7-8-23(9-13-5-3-2-4-6-13)10-15(14)30-19(18)21-16(25)11-24-12-17(26)29-22-24/h2-6,12H,7-11H2,1H3,(H-,21,22,25,26,27)/p+1. The predicted molar refractivity (Wildman–Crippen MR) is 108 cm³/mol. The van der Waals surface area contributed by atoms with Crippen molar-refractivity contribution in [2.45, 2.75) is 26.1 Å². The summed E-state index contributed by atoms with van der Waals surface area (Å²) in [6.45, 7) is 2.17. The van der Waals surface area contributed by atoms with E-state index >= 15 is 0 Å². The average molecular weight is 429 g/mol. The van der Waals surface area contributed by atoms with Crippen LogP contribution in [0.15, 0.2) is 45.8 Å². The van der Waals surface area contributed by atoms with Gasteiger partial charge in [-0.1, -0.05) is 35.0 Å². The number of methoxy groups -OCH3 is 1. The first-order valence-corrected chi connectivity index (χ1v) is 10.2. The molecule has 9 nitrogen and oxygen atoms in total. The number of carbonyl (C=O) groups excluding carboxylic acids is 2. The van der Waals surface area contributed by atoms with Crippen molar-refractivity contribution in [3.05, 3.63) is 68.5 Å². The number of anilines is 1. The van der Waals surface area contributed by atoms with Crippen molar-refractivity contribution in [3.63, 3.8) is 0 Å². The summed E-state index contributed by atoms with van der Waals surface area (Å²) >= 11 is 1.38. The molecular weight excluding hydrogens is 408 g/mol. The molecule has 2 N–H and O–H groups in total. The van der Waals surface area contributed by atoms with Crippen LogP contribution in [-0.4, -0.2) is 35.7 Å². The number of thiophene rings is 1. The van der Waals surface area contributed by atoms with Crippen molar-refractivity contribution >= 4 is 28.2 Å². The first-order valence-electron chi connectivity index (χ1n) is 9.40. The van der Waals surface area contributed by atoms with Crippen molar-refractivity contribution in [3.8, 4) is 0 Å². The van der Waals surface area contributed by atoms with Gasteiger partial charge in [-0.25, -0.2) is 9.59 Å². The number of nitrogens with zero attached hydrogens (tertiary/aromatic N) is 2. The van der Waals surface area contributed by atoms with Crippen LogP contribution in [0, 0.1) is 0 Å². The second kappa shape index (κ2) is 8.64. The highest BCUT2D eigenvalue weighted by Crippen LogP contribution is 2.37. The van der Waals surface area contributed by atoms with Crippen molar-refractivity contribution in [1.29, 1.82) is 0 Å². The number of amides is 1. The average Bonchev–Trinajstić information content (AvgIpc) is 3.30. The van der Waals surface area contributed by atoms with Gasteiger partial charge in [0.15, 0.2) is 0 Å². The van der Waals surface area contributed by atoms with Crippen LogP contribution < -0.4 is 15.6 Å². The summed E-state index contributed by atoms with van der Waals surface area (Å²) in [5.41, 5.74) is 1.99. The lowest BCUT2D eigenvalue weighted by molar-refractivity contribution is -0.750. The highest BCUT2D eigenvalue weighted by molar-refractivity contribution is 7.17. The third-order valence-corrected chi connectivity index (χ3v) is 6.00. The third-order valence-electron chi connectivity index (χ3n) is 4.87. The molecule has 1 amide bonds. The maximum Gasteiger partial charge on any atom is 0.426 e. The first-order chi connectivity index (χ1) is 14.5. The van der Waals surface area contributed by atoms with Gasteiger partial charge in [0.1, 0.15) is 5.00 Å². The lowest BCUT2D eigenvalue weighted by Gasteiger charge is -2.27. The zero-order valence-electron chi connectivity index (χ0n) is 16.3. The van der Waals surface area contributed by atoms with Gasteiger partial charge in [0.05, 0.1) is 12.7 Å². The summed E-state index contributed by atoms with van der Waals surface area (Å²) in [5, 5.41) is 5.57. The van der Waals surface area contributed by atoms with Gasteiger partial charge in [0.2, 0.25) is 0 Å². The predicted octanol–water partition coefficient (Wildman–Crippen LogP) is 1.30. The zero-order chi connectivity index (χ0) is 21.1. The Kier molecular flexibility index (Phi) is 5.77. The molecule has 1 aromatic carbocycles. The second-order valence-corrected chi connectivity index (χ2v) is 8.07. The normalized spacial score (nSPS) is 13.6. The number of nitrogens with one attached hydrogen (secondary N) is 2. The topological polar surface area (TPSA) is 109 Å². The summed E-state index contributed by atoms with van der Waals surface area (Å²) in [6.07, 6.45) is 1.84. The van der Waals surface area contributed by atoms with Crippen LogP contribution in [0.1, 0.15) is 26.4 Å². The molecule has 0 fully saturated rings. The molecule has 10 heteroatoms. The van der Waals surface area contributed by atoms with Crippen molar-refractivity contribution in [2.24, 2.45) is 0 Å². The molecule has 156 valence electrons. The molecule has 30 heavy (non-hydrogen) atoms. The van der Waals surface area contributed by atoms with Gasteiger partial charge in [-0.3, -0.25) is 14.2 Å². The molecule has 3 aromatic rings. The highest BCUT2D eigenvalue weighted by Gasteiger charge is 2.30. The maximum absolute atomic E-state index is 12.4. The number of hydrogen-bond donors (Lipinski definition) is 2. The molecule has 0 spiro atoms. The number of H-pyrrole nitrogens is 1. The van der Waals surface area contributed by atoms with Crippen LogP contribution in [0.3, 0.4) is 0 Å². The Hall–Kier alpha value is -3.24. The molecule has 0 saturated carbocycles. The molecular formula is C20H21N4O5S+. The van der Waals surface area contributed by atoms with Crippen LogP contribution in [0.4, 0.5) is 5.00 Å². The van der Waals surface area contributed by atoms with Crippen molar-refractivity contribution in [2.75, 3.05) is 19.0 Å².